The Balaban J connectivity index is 2.58. The summed E-state index contributed by atoms with van der Waals surface area (Å²) in [5.74, 6) is 0. The molecule has 0 aromatic carbocycles. The van der Waals surface area contributed by atoms with Gasteiger partial charge in [-0.15, -0.1) is 0 Å². The van der Waals surface area contributed by atoms with Crippen LogP contribution in [-0.4, -0.2) is 23.5 Å². The van der Waals surface area contributed by atoms with Crippen molar-refractivity contribution < 1.29 is 0 Å². The fraction of sp³-hybridized carbons (Fsp3) is 0.800. The first kappa shape index (κ1) is 9.59. The second-order valence-corrected chi connectivity index (χ2v) is 3.79. The lowest BCUT2D eigenvalue weighted by Crippen LogP contribution is -2.47. The molecule has 0 saturated carbocycles. The molecule has 0 amide bonds. The van der Waals surface area contributed by atoms with Gasteiger partial charge in [0.25, 0.3) is 0 Å². The minimum atomic E-state index is 0.351. The molecule has 0 radical (unpaired) electrons. The molecule has 1 aliphatic rings. The molecule has 1 heterocycles. The van der Waals surface area contributed by atoms with Crippen molar-refractivity contribution in [1.29, 1.82) is 0 Å². The van der Waals surface area contributed by atoms with Crippen molar-refractivity contribution in [1.82, 2.24) is 4.90 Å². The zero-order chi connectivity index (χ0) is 9.14. The van der Waals surface area contributed by atoms with Crippen LogP contribution in [-0.2, 0) is 0 Å². The van der Waals surface area contributed by atoms with Gasteiger partial charge >= 0.3 is 0 Å². The van der Waals surface area contributed by atoms with E-state index in [1.807, 2.05) is 0 Å². The zero-order valence-corrected chi connectivity index (χ0v) is 8.21. The first-order valence-corrected chi connectivity index (χ1v) is 4.83. The molecule has 0 spiro atoms. The second-order valence-electron chi connectivity index (χ2n) is 3.79. The molecule has 2 heteroatoms. The SMILES string of the molecule is C=C(C)N1C[C@@H](N)CC[C@H]1CC. The number of nitrogens with two attached hydrogens (primary N) is 1. The normalized spacial score (nSPS) is 30.4. The highest BCUT2D eigenvalue weighted by Gasteiger charge is 2.24. The Kier molecular flexibility index (Phi) is 3.15. The molecule has 2 nitrogen and oxygen atoms in total. The van der Waals surface area contributed by atoms with Gasteiger partial charge in [-0.05, 0) is 26.2 Å². The molecule has 70 valence electrons. The molecule has 0 aromatic heterocycles. The fourth-order valence-corrected chi connectivity index (χ4v) is 1.95. The van der Waals surface area contributed by atoms with Gasteiger partial charge in [-0.1, -0.05) is 13.5 Å². The van der Waals surface area contributed by atoms with Gasteiger partial charge in [-0.2, -0.15) is 0 Å². The molecule has 2 atom stereocenters. The molecule has 0 aliphatic carbocycles. The molecule has 1 rings (SSSR count). The Labute approximate surface area is 75.4 Å². The molecule has 0 unspecified atom stereocenters. The van der Waals surface area contributed by atoms with E-state index in [-0.39, 0.29) is 0 Å². The van der Waals surface area contributed by atoms with E-state index in [1.54, 1.807) is 0 Å². The Morgan fingerprint density at radius 1 is 1.58 bits per heavy atom. The molecule has 2 N–H and O–H groups in total. The van der Waals surface area contributed by atoms with Crippen molar-refractivity contribution in [2.45, 2.75) is 45.2 Å². The van der Waals surface area contributed by atoms with Crippen LogP contribution in [0.1, 0.15) is 33.1 Å². The maximum atomic E-state index is 5.90. The number of piperidine rings is 1. The van der Waals surface area contributed by atoms with Crippen molar-refractivity contribution in [3.63, 3.8) is 0 Å². The number of allylic oxidation sites excluding steroid dienone is 1. The molecular weight excluding hydrogens is 148 g/mol. The van der Waals surface area contributed by atoms with Crippen LogP contribution in [0, 0.1) is 0 Å². The predicted octanol–water partition coefficient (Wildman–Crippen LogP) is 1.72. The molecule has 1 saturated heterocycles. The number of hydrogen-bond donors (Lipinski definition) is 1. The number of nitrogens with zero attached hydrogens (tertiary/aromatic N) is 1. The zero-order valence-electron chi connectivity index (χ0n) is 8.21. The summed E-state index contributed by atoms with van der Waals surface area (Å²) < 4.78 is 0. The lowest BCUT2D eigenvalue weighted by atomic mass is 9.96. The monoisotopic (exact) mass is 168 g/mol. The summed E-state index contributed by atoms with van der Waals surface area (Å²) >= 11 is 0. The molecule has 12 heavy (non-hydrogen) atoms. The van der Waals surface area contributed by atoms with Gasteiger partial charge in [0, 0.05) is 24.3 Å². The van der Waals surface area contributed by atoms with Gasteiger partial charge in [0.1, 0.15) is 0 Å². The van der Waals surface area contributed by atoms with Crippen molar-refractivity contribution in [3.05, 3.63) is 12.3 Å². The molecular formula is C10H20N2. The van der Waals surface area contributed by atoms with E-state index in [2.05, 4.69) is 25.3 Å². The van der Waals surface area contributed by atoms with Crippen LogP contribution in [0.2, 0.25) is 0 Å². The van der Waals surface area contributed by atoms with Gasteiger partial charge in [-0.3, -0.25) is 0 Å². The summed E-state index contributed by atoms with van der Waals surface area (Å²) in [7, 11) is 0. The van der Waals surface area contributed by atoms with Crippen molar-refractivity contribution >= 4 is 0 Å². The smallest absolute Gasteiger partial charge is 0.0329 e. The summed E-state index contributed by atoms with van der Waals surface area (Å²) in [5, 5.41) is 0. The van der Waals surface area contributed by atoms with E-state index < -0.39 is 0 Å². The minimum absolute atomic E-state index is 0.351. The highest BCUT2D eigenvalue weighted by molar-refractivity contribution is 4.97. The summed E-state index contributed by atoms with van der Waals surface area (Å²) in [6.45, 7) is 9.28. The maximum Gasteiger partial charge on any atom is 0.0329 e. The average Bonchev–Trinajstić information content (AvgIpc) is 2.04. The van der Waals surface area contributed by atoms with Crippen molar-refractivity contribution in [2.75, 3.05) is 6.54 Å². The third kappa shape index (κ3) is 2.01. The molecule has 1 aliphatic heterocycles. The van der Waals surface area contributed by atoms with E-state index in [0.29, 0.717) is 12.1 Å². The molecule has 1 fully saturated rings. The Morgan fingerprint density at radius 3 is 2.75 bits per heavy atom. The average molecular weight is 168 g/mol. The molecule has 0 aromatic rings. The second kappa shape index (κ2) is 3.94. The van der Waals surface area contributed by atoms with E-state index in [0.717, 1.165) is 12.2 Å². The van der Waals surface area contributed by atoms with Crippen LogP contribution >= 0.6 is 0 Å². The van der Waals surface area contributed by atoms with Gasteiger partial charge in [0.2, 0.25) is 0 Å². The van der Waals surface area contributed by atoms with E-state index in [9.17, 15) is 0 Å². The van der Waals surface area contributed by atoms with Crippen LogP contribution in [0.3, 0.4) is 0 Å². The third-order valence-electron chi connectivity index (χ3n) is 2.70. The number of hydrogen-bond acceptors (Lipinski definition) is 2. The minimum Gasteiger partial charge on any atom is -0.371 e. The van der Waals surface area contributed by atoms with Crippen molar-refractivity contribution in [2.24, 2.45) is 5.73 Å². The number of likely N-dealkylation sites (tertiary alicyclic amines) is 1. The largest absolute Gasteiger partial charge is 0.371 e. The quantitative estimate of drug-likeness (QED) is 0.680. The van der Waals surface area contributed by atoms with Gasteiger partial charge in [0.15, 0.2) is 0 Å². The van der Waals surface area contributed by atoms with Crippen LogP contribution in [0.25, 0.3) is 0 Å². The Hall–Kier alpha value is -0.500. The predicted molar refractivity (Wildman–Crippen MR) is 52.8 cm³/mol. The van der Waals surface area contributed by atoms with Crippen LogP contribution in [0.15, 0.2) is 12.3 Å². The summed E-state index contributed by atoms with van der Waals surface area (Å²) in [5.41, 5.74) is 7.06. The highest BCUT2D eigenvalue weighted by atomic mass is 15.2. The van der Waals surface area contributed by atoms with E-state index in [1.165, 1.54) is 19.3 Å². The van der Waals surface area contributed by atoms with Crippen LogP contribution < -0.4 is 5.73 Å². The summed E-state index contributed by atoms with van der Waals surface area (Å²) in [4.78, 5) is 2.36. The lowest BCUT2D eigenvalue weighted by molar-refractivity contribution is 0.173. The highest BCUT2D eigenvalue weighted by Crippen LogP contribution is 2.21. The Bertz CT molecular complexity index is 165. The van der Waals surface area contributed by atoms with Crippen LogP contribution in [0.5, 0.6) is 0 Å². The first-order valence-electron chi connectivity index (χ1n) is 4.83. The lowest BCUT2D eigenvalue weighted by Gasteiger charge is -2.40. The van der Waals surface area contributed by atoms with Crippen molar-refractivity contribution in [3.8, 4) is 0 Å². The van der Waals surface area contributed by atoms with E-state index >= 15 is 0 Å². The molecule has 0 bridgehead atoms. The van der Waals surface area contributed by atoms with Gasteiger partial charge in [-0.25, -0.2) is 0 Å². The maximum absolute atomic E-state index is 5.90. The van der Waals surface area contributed by atoms with E-state index in [4.69, 9.17) is 5.73 Å². The van der Waals surface area contributed by atoms with Gasteiger partial charge in [0.05, 0.1) is 0 Å². The standard InChI is InChI=1S/C10H20N2/c1-4-10-6-5-9(11)7-12(10)8(2)3/h9-10H,2,4-7,11H2,1,3H3/t9-,10+/m0/s1. The Morgan fingerprint density at radius 2 is 2.25 bits per heavy atom. The topological polar surface area (TPSA) is 29.3 Å². The summed E-state index contributed by atoms with van der Waals surface area (Å²) in [6.07, 6.45) is 3.60. The van der Waals surface area contributed by atoms with Crippen LogP contribution in [0.4, 0.5) is 0 Å². The van der Waals surface area contributed by atoms with Gasteiger partial charge < -0.3 is 10.6 Å². The third-order valence-corrected chi connectivity index (χ3v) is 2.70. The fourth-order valence-electron chi connectivity index (χ4n) is 1.95. The first-order chi connectivity index (χ1) is 5.65. The number of rotatable bonds is 2. The summed E-state index contributed by atoms with van der Waals surface area (Å²) in [6, 6.07) is 1.03.